The smallest absolute Gasteiger partial charge is 0.162 e. The quantitative estimate of drug-likeness (QED) is 0.833. The average Bonchev–Trinajstić information content (AvgIpc) is 2.39. The molecule has 2 aromatic rings. The first-order chi connectivity index (χ1) is 9.02. The number of anilines is 2. The summed E-state index contributed by atoms with van der Waals surface area (Å²) in [5.41, 5.74) is 0.518. The van der Waals surface area contributed by atoms with Crippen LogP contribution in [-0.4, -0.2) is 0 Å². The fourth-order valence-corrected chi connectivity index (χ4v) is 2.07. The Morgan fingerprint density at radius 3 is 2.58 bits per heavy atom. The molecular formula is C13H6BrClF2N2. The van der Waals surface area contributed by atoms with Crippen LogP contribution in [0.15, 0.2) is 34.8 Å². The van der Waals surface area contributed by atoms with Crippen molar-refractivity contribution >= 4 is 38.9 Å². The third-order valence-electron chi connectivity index (χ3n) is 2.40. The number of benzene rings is 2. The Labute approximate surface area is 121 Å². The second-order valence-electron chi connectivity index (χ2n) is 3.65. The van der Waals surface area contributed by atoms with Gasteiger partial charge in [0, 0.05) is 0 Å². The van der Waals surface area contributed by atoms with Gasteiger partial charge in [0.15, 0.2) is 5.82 Å². The van der Waals surface area contributed by atoms with Gasteiger partial charge in [0.05, 0.1) is 26.4 Å². The van der Waals surface area contributed by atoms with Crippen LogP contribution in [-0.2, 0) is 0 Å². The van der Waals surface area contributed by atoms with Crippen molar-refractivity contribution in [2.24, 2.45) is 0 Å². The molecule has 0 heterocycles. The van der Waals surface area contributed by atoms with E-state index in [0.717, 1.165) is 6.07 Å². The molecule has 19 heavy (non-hydrogen) atoms. The molecule has 0 radical (unpaired) electrons. The summed E-state index contributed by atoms with van der Waals surface area (Å²) in [7, 11) is 0. The zero-order chi connectivity index (χ0) is 14.0. The number of nitrogens with one attached hydrogen (secondary N) is 1. The fraction of sp³-hybridized carbons (Fsp3) is 0. The Kier molecular flexibility index (Phi) is 4.03. The van der Waals surface area contributed by atoms with E-state index in [1.54, 1.807) is 0 Å². The zero-order valence-corrected chi connectivity index (χ0v) is 11.7. The van der Waals surface area contributed by atoms with E-state index < -0.39 is 11.6 Å². The highest BCUT2D eigenvalue weighted by molar-refractivity contribution is 9.10. The molecule has 0 unspecified atom stereocenters. The monoisotopic (exact) mass is 342 g/mol. The molecule has 0 amide bonds. The number of hydrogen-bond acceptors (Lipinski definition) is 2. The summed E-state index contributed by atoms with van der Waals surface area (Å²) in [6.07, 6.45) is 0. The number of halogens is 4. The van der Waals surface area contributed by atoms with Gasteiger partial charge in [-0.1, -0.05) is 11.6 Å². The lowest BCUT2D eigenvalue weighted by atomic mass is 10.2. The summed E-state index contributed by atoms with van der Waals surface area (Å²) >= 11 is 8.87. The summed E-state index contributed by atoms with van der Waals surface area (Å²) in [4.78, 5) is 0. The standard InChI is InChI=1S/C13H6BrClF2N2/c14-12-7(6-18)1-4-10(13(12)17)19-11-5-8(16)2-3-9(11)15/h1-5,19H. The number of nitriles is 1. The van der Waals surface area contributed by atoms with Crippen LogP contribution in [0.1, 0.15) is 5.56 Å². The van der Waals surface area contributed by atoms with Gasteiger partial charge in [-0.05, 0) is 46.3 Å². The Morgan fingerprint density at radius 1 is 1.16 bits per heavy atom. The van der Waals surface area contributed by atoms with Gasteiger partial charge < -0.3 is 5.32 Å². The number of nitrogens with zero attached hydrogens (tertiary/aromatic N) is 1. The molecule has 2 nitrogen and oxygen atoms in total. The van der Waals surface area contributed by atoms with Crippen molar-refractivity contribution in [3.8, 4) is 6.07 Å². The summed E-state index contributed by atoms with van der Waals surface area (Å²) in [5, 5.41) is 11.7. The lowest BCUT2D eigenvalue weighted by molar-refractivity contribution is 0.623. The van der Waals surface area contributed by atoms with Gasteiger partial charge in [-0.25, -0.2) is 8.78 Å². The van der Waals surface area contributed by atoms with Crippen LogP contribution >= 0.6 is 27.5 Å². The van der Waals surface area contributed by atoms with Crippen molar-refractivity contribution in [3.05, 3.63) is 57.0 Å². The SMILES string of the molecule is N#Cc1ccc(Nc2cc(F)ccc2Cl)c(F)c1Br. The Balaban J connectivity index is 2.42. The van der Waals surface area contributed by atoms with E-state index in [9.17, 15) is 8.78 Å². The molecule has 0 aliphatic heterocycles. The van der Waals surface area contributed by atoms with E-state index >= 15 is 0 Å². The van der Waals surface area contributed by atoms with E-state index in [0.29, 0.717) is 0 Å². The van der Waals surface area contributed by atoms with Crippen LogP contribution in [0, 0.1) is 23.0 Å². The molecule has 2 aromatic carbocycles. The highest BCUT2D eigenvalue weighted by Gasteiger charge is 2.12. The molecule has 0 bridgehead atoms. The molecule has 0 aliphatic carbocycles. The highest BCUT2D eigenvalue weighted by atomic mass is 79.9. The number of rotatable bonds is 2. The topological polar surface area (TPSA) is 35.8 Å². The maximum absolute atomic E-state index is 14.0. The predicted octanol–water partition coefficient (Wildman–Crippen LogP) is 5.00. The molecule has 0 atom stereocenters. The highest BCUT2D eigenvalue weighted by Crippen LogP contribution is 2.31. The Hall–Kier alpha value is -1.64. The molecule has 0 saturated heterocycles. The summed E-state index contributed by atoms with van der Waals surface area (Å²) in [6.45, 7) is 0. The third kappa shape index (κ3) is 2.86. The van der Waals surface area contributed by atoms with Crippen molar-refractivity contribution < 1.29 is 8.78 Å². The lowest BCUT2D eigenvalue weighted by Gasteiger charge is -2.10. The minimum atomic E-state index is -0.639. The van der Waals surface area contributed by atoms with Gasteiger partial charge >= 0.3 is 0 Å². The van der Waals surface area contributed by atoms with Crippen LogP contribution in [0.2, 0.25) is 5.02 Å². The second kappa shape index (κ2) is 5.55. The van der Waals surface area contributed by atoms with E-state index in [1.807, 2.05) is 6.07 Å². The molecular weight excluding hydrogens is 338 g/mol. The van der Waals surface area contributed by atoms with Crippen LogP contribution in [0.3, 0.4) is 0 Å². The molecule has 2 rings (SSSR count). The van der Waals surface area contributed by atoms with E-state index in [-0.39, 0.29) is 26.4 Å². The first-order valence-electron chi connectivity index (χ1n) is 5.13. The van der Waals surface area contributed by atoms with E-state index in [1.165, 1.54) is 24.3 Å². The second-order valence-corrected chi connectivity index (χ2v) is 4.85. The average molecular weight is 344 g/mol. The van der Waals surface area contributed by atoms with Crippen LogP contribution in [0.4, 0.5) is 20.2 Å². The Morgan fingerprint density at radius 2 is 1.89 bits per heavy atom. The molecule has 0 aromatic heterocycles. The van der Waals surface area contributed by atoms with Crippen LogP contribution in [0.5, 0.6) is 0 Å². The molecule has 0 spiro atoms. The summed E-state index contributed by atoms with van der Waals surface area (Å²) < 4.78 is 27.1. The predicted molar refractivity (Wildman–Crippen MR) is 73.5 cm³/mol. The lowest BCUT2D eigenvalue weighted by Crippen LogP contribution is -1.97. The van der Waals surface area contributed by atoms with Gasteiger partial charge in [-0.15, -0.1) is 0 Å². The van der Waals surface area contributed by atoms with Gasteiger partial charge in [0.1, 0.15) is 11.9 Å². The van der Waals surface area contributed by atoms with Crippen molar-refractivity contribution in [1.82, 2.24) is 0 Å². The Bertz CT molecular complexity index is 683. The van der Waals surface area contributed by atoms with Crippen molar-refractivity contribution in [1.29, 1.82) is 5.26 Å². The van der Waals surface area contributed by atoms with Gasteiger partial charge in [0.25, 0.3) is 0 Å². The van der Waals surface area contributed by atoms with Crippen LogP contribution in [0.25, 0.3) is 0 Å². The minimum absolute atomic E-state index is 0.0486. The zero-order valence-electron chi connectivity index (χ0n) is 9.35. The minimum Gasteiger partial charge on any atom is -0.352 e. The molecule has 0 fully saturated rings. The van der Waals surface area contributed by atoms with Gasteiger partial charge in [-0.3, -0.25) is 0 Å². The third-order valence-corrected chi connectivity index (χ3v) is 3.51. The molecule has 1 N–H and O–H groups in total. The van der Waals surface area contributed by atoms with Crippen molar-refractivity contribution in [2.45, 2.75) is 0 Å². The molecule has 6 heteroatoms. The van der Waals surface area contributed by atoms with Crippen molar-refractivity contribution in [3.63, 3.8) is 0 Å². The normalized spacial score (nSPS) is 10.1. The van der Waals surface area contributed by atoms with Crippen molar-refractivity contribution in [2.75, 3.05) is 5.32 Å². The van der Waals surface area contributed by atoms with Gasteiger partial charge in [0.2, 0.25) is 0 Å². The first-order valence-corrected chi connectivity index (χ1v) is 6.30. The van der Waals surface area contributed by atoms with Gasteiger partial charge in [-0.2, -0.15) is 5.26 Å². The number of hydrogen-bond donors (Lipinski definition) is 1. The largest absolute Gasteiger partial charge is 0.352 e. The van der Waals surface area contributed by atoms with E-state index in [4.69, 9.17) is 16.9 Å². The molecule has 96 valence electrons. The fourth-order valence-electron chi connectivity index (χ4n) is 1.47. The summed E-state index contributed by atoms with van der Waals surface area (Å²) in [5.74, 6) is -1.13. The summed E-state index contributed by atoms with van der Waals surface area (Å²) in [6, 6.07) is 8.42. The maximum atomic E-state index is 14.0. The molecule has 0 aliphatic rings. The maximum Gasteiger partial charge on any atom is 0.162 e. The van der Waals surface area contributed by atoms with E-state index in [2.05, 4.69) is 21.2 Å². The first kappa shape index (κ1) is 13.8. The van der Waals surface area contributed by atoms with Crippen LogP contribution < -0.4 is 5.32 Å². The molecule has 0 saturated carbocycles.